The first-order valence-corrected chi connectivity index (χ1v) is 8.06. The number of aliphatic hydroxyl groups excluding tert-OH is 1. The second kappa shape index (κ2) is 10.9. The minimum Gasteiger partial charge on any atom is -0.396 e. The van der Waals surface area contributed by atoms with Gasteiger partial charge in [0.1, 0.15) is 5.76 Å². The van der Waals surface area contributed by atoms with Crippen molar-refractivity contribution in [1.82, 2.24) is 15.8 Å². The smallest absolute Gasteiger partial charge is 0.191 e. The standard InChI is InChI=1S/C16H30N4O2.HI/c1-6-13-12(14(7-2)22-20-13)9-18-15(17-8-3)19-10-16(4,5)11-21;/h21H,6-11H2,1-5H3,(H2,17,18,19);1H. The molecule has 0 aliphatic heterocycles. The predicted molar refractivity (Wildman–Crippen MR) is 104 cm³/mol. The molecule has 1 rings (SSSR count). The number of aliphatic imine (C=N–C) groups is 1. The van der Waals surface area contributed by atoms with Crippen LogP contribution in [0.25, 0.3) is 0 Å². The highest BCUT2D eigenvalue weighted by Crippen LogP contribution is 2.17. The van der Waals surface area contributed by atoms with E-state index in [4.69, 9.17) is 4.52 Å². The van der Waals surface area contributed by atoms with Crippen molar-refractivity contribution in [2.24, 2.45) is 10.4 Å². The lowest BCUT2D eigenvalue weighted by Crippen LogP contribution is -2.43. The lowest BCUT2D eigenvalue weighted by Gasteiger charge is -2.23. The Morgan fingerprint density at radius 2 is 1.91 bits per heavy atom. The van der Waals surface area contributed by atoms with Crippen molar-refractivity contribution in [3.8, 4) is 0 Å². The van der Waals surface area contributed by atoms with Crippen LogP contribution in [0.15, 0.2) is 9.52 Å². The molecule has 0 amide bonds. The molecule has 0 bridgehead atoms. The van der Waals surface area contributed by atoms with Crippen LogP contribution < -0.4 is 10.6 Å². The van der Waals surface area contributed by atoms with Crippen molar-refractivity contribution < 1.29 is 9.63 Å². The van der Waals surface area contributed by atoms with Crippen LogP contribution >= 0.6 is 24.0 Å². The van der Waals surface area contributed by atoms with Gasteiger partial charge in [0.05, 0.1) is 12.2 Å². The van der Waals surface area contributed by atoms with Gasteiger partial charge in [-0.25, -0.2) is 4.99 Å². The van der Waals surface area contributed by atoms with E-state index < -0.39 is 0 Å². The third kappa shape index (κ3) is 7.07. The summed E-state index contributed by atoms with van der Waals surface area (Å²) in [6.45, 7) is 12.3. The summed E-state index contributed by atoms with van der Waals surface area (Å²) in [5, 5.41) is 19.9. The number of aliphatic hydroxyl groups is 1. The maximum absolute atomic E-state index is 9.33. The van der Waals surface area contributed by atoms with E-state index in [2.05, 4.69) is 34.6 Å². The zero-order valence-electron chi connectivity index (χ0n) is 14.9. The van der Waals surface area contributed by atoms with Gasteiger partial charge in [0.15, 0.2) is 5.96 Å². The van der Waals surface area contributed by atoms with E-state index in [1.165, 1.54) is 0 Å². The average Bonchev–Trinajstić information content (AvgIpc) is 2.92. The van der Waals surface area contributed by atoms with E-state index in [0.29, 0.717) is 13.1 Å². The first-order chi connectivity index (χ1) is 10.5. The molecular weight excluding hydrogens is 407 g/mol. The van der Waals surface area contributed by atoms with E-state index in [0.717, 1.165) is 42.4 Å². The van der Waals surface area contributed by atoms with Gasteiger partial charge in [-0.05, 0) is 13.3 Å². The van der Waals surface area contributed by atoms with Crippen molar-refractivity contribution in [2.75, 3.05) is 19.7 Å². The zero-order valence-corrected chi connectivity index (χ0v) is 17.2. The van der Waals surface area contributed by atoms with E-state index in [-0.39, 0.29) is 36.0 Å². The molecule has 0 radical (unpaired) electrons. The van der Waals surface area contributed by atoms with Gasteiger partial charge in [0.25, 0.3) is 0 Å². The van der Waals surface area contributed by atoms with Crippen LogP contribution in [-0.2, 0) is 19.4 Å². The quantitative estimate of drug-likeness (QED) is 0.330. The molecule has 23 heavy (non-hydrogen) atoms. The Bertz CT molecular complexity index is 465. The second-order valence-electron chi connectivity index (χ2n) is 6.11. The van der Waals surface area contributed by atoms with Gasteiger partial charge in [-0.2, -0.15) is 0 Å². The number of nitrogens with zero attached hydrogens (tertiary/aromatic N) is 2. The number of rotatable bonds is 8. The Hall–Kier alpha value is -0.830. The molecule has 1 aromatic rings. The summed E-state index contributed by atoms with van der Waals surface area (Å²) in [5.74, 6) is 1.65. The Labute approximate surface area is 156 Å². The fourth-order valence-corrected chi connectivity index (χ4v) is 2.00. The Kier molecular flexibility index (Phi) is 10.5. The minimum atomic E-state index is -0.184. The number of aryl methyl sites for hydroxylation is 2. The Morgan fingerprint density at radius 1 is 1.22 bits per heavy atom. The summed E-state index contributed by atoms with van der Waals surface area (Å²) in [6, 6.07) is 0. The third-order valence-electron chi connectivity index (χ3n) is 3.51. The maximum Gasteiger partial charge on any atom is 0.191 e. The molecular formula is C16H31IN4O2. The molecule has 0 unspecified atom stereocenters. The Morgan fingerprint density at radius 3 is 2.43 bits per heavy atom. The summed E-state index contributed by atoms with van der Waals surface area (Å²) in [5.41, 5.74) is 1.88. The van der Waals surface area contributed by atoms with Crippen molar-refractivity contribution in [3.05, 3.63) is 17.0 Å². The molecule has 6 nitrogen and oxygen atoms in total. The molecule has 0 aliphatic carbocycles. The monoisotopic (exact) mass is 438 g/mol. The highest BCUT2D eigenvalue weighted by atomic mass is 127. The summed E-state index contributed by atoms with van der Waals surface area (Å²) >= 11 is 0. The van der Waals surface area contributed by atoms with Gasteiger partial charge in [0.2, 0.25) is 0 Å². The minimum absolute atomic E-state index is 0. The van der Waals surface area contributed by atoms with Crippen molar-refractivity contribution in [2.45, 2.75) is 54.0 Å². The highest BCUT2D eigenvalue weighted by molar-refractivity contribution is 14.0. The number of halogens is 1. The number of hydrogen-bond acceptors (Lipinski definition) is 4. The van der Waals surface area contributed by atoms with Crippen molar-refractivity contribution in [3.63, 3.8) is 0 Å². The van der Waals surface area contributed by atoms with Gasteiger partial charge in [-0.3, -0.25) is 0 Å². The van der Waals surface area contributed by atoms with Crippen LogP contribution in [0.2, 0.25) is 0 Å². The average molecular weight is 438 g/mol. The summed E-state index contributed by atoms with van der Waals surface area (Å²) in [4.78, 5) is 4.62. The summed E-state index contributed by atoms with van der Waals surface area (Å²) in [6.07, 6.45) is 1.66. The van der Waals surface area contributed by atoms with E-state index in [9.17, 15) is 5.11 Å². The molecule has 0 aliphatic rings. The van der Waals surface area contributed by atoms with E-state index in [1.54, 1.807) is 0 Å². The molecule has 0 fully saturated rings. The molecule has 0 atom stereocenters. The van der Waals surface area contributed by atoms with Crippen LogP contribution in [0.3, 0.4) is 0 Å². The fraction of sp³-hybridized carbons (Fsp3) is 0.750. The molecule has 0 saturated carbocycles. The first-order valence-electron chi connectivity index (χ1n) is 8.06. The Balaban J connectivity index is 0.00000484. The van der Waals surface area contributed by atoms with Crippen LogP contribution in [0.1, 0.15) is 51.6 Å². The fourth-order valence-electron chi connectivity index (χ4n) is 2.00. The van der Waals surface area contributed by atoms with Gasteiger partial charge >= 0.3 is 0 Å². The van der Waals surface area contributed by atoms with Gasteiger partial charge in [-0.15, -0.1) is 24.0 Å². The largest absolute Gasteiger partial charge is 0.396 e. The molecule has 7 heteroatoms. The van der Waals surface area contributed by atoms with Crippen LogP contribution in [0.4, 0.5) is 0 Å². The predicted octanol–water partition coefficient (Wildman–Crippen LogP) is 2.49. The SMILES string of the molecule is CCNC(=NCc1c(CC)noc1CC)NCC(C)(C)CO.I. The first kappa shape index (κ1) is 22.2. The molecule has 1 aromatic heterocycles. The van der Waals surface area contributed by atoms with Gasteiger partial charge < -0.3 is 20.3 Å². The normalized spacial score (nSPS) is 12.0. The topological polar surface area (TPSA) is 82.7 Å². The number of hydrogen-bond donors (Lipinski definition) is 3. The highest BCUT2D eigenvalue weighted by Gasteiger charge is 2.17. The molecule has 0 aromatic carbocycles. The van der Waals surface area contributed by atoms with Crippen molar-refractivity contribution >= 4 is 29.9 Å². The lowest BCUT2D eigenvalue weighted by atomic mass is 9.95. The zero-order chi connectivity index (χ0) is 16.6. The van der Waals surface area contributed by atoms with Crippen molar-refractivity contribution in [1.29, 1.82) is 0 Å². The summed E-state index contributed by atoms with van der Waals surface area (Å²) in [7, 11) is 0. The number of nitrogens with one attached hydrogen (secondary N) is 2. The molecule has 134 valence electrons. The number of aromatic nitrogens is 1. The van der Waals surface area contributed by atoms with Crippen LogP contribution in [-0.4, -0.2) is 35.9 Å². The van der Waals surface area contributed by atoms with Crippen LogP contribution in [0, 0.1) is 5.41 Å². The van der Waals surface area contributed by atoms with E-state index in [1.807, 2.05) is 20.8 Å². The lowest BCUT2D eigenvalue weighted by molar-refractivity contribution is 0.162. The maximum atomic E-state index is 9.33. The number of guanidine groups is 1. The van der Waals surface area contributed by atoms with Gasteiger partial charge in [-0.1, -0.05) is 32.9 Å². The molecule has 3 N–H and O–H groups in total. The molecule has 1 heterocycles. The third-order valence-corrected chi connectivity index (χ3v) is 3.51. The summed E-state index contributed by atoms with van der Waals surface area (Å²) < 4.78 is 5.37. The molecule has 0 saturated heterocycles. The van der Waals surface area contributed by atoms with Gasteiger partial charge in [0, 0.05) is 37.1 Å². The van der Waals surface area contributed by atoms with Crippen LogP contribution in [0.5, 0.6) is 0 Å². The molecule has 0 spiro atoms. The van der Waals surface area contributed by atoms with E-state index >= 15 is 0 Å². The second-order valence-corrected chi connectivity index (χ2v) is 6.11.